The highest BCUT2D eigenvalue weighted by Gasteiger charge is 2.04. The lowest BCUT2D eigenvalue weighted by Crippen LogP contribution is -2.36. The van der Waals surface area contributed by atoms with Crippen molar-refractivity contribution in [1.82, 2.24) is 10.6 Å². The first-order chi connectivity index (χ1) is 12.1. The maximum atomic E-state index is 11.7. The average molecular weight is 363 g/mol. The summed E-state index contributed by atoms with van der Waals surface area (Å²) in [7, 11) is 0. The number of carbonyl (C=O) groups is 2. The third kappa shape index (κ3) is 6.35. The zero-order chi connectivity index (χ0) is 18.1. The second-order valence-corrected chi connectivity index (χ2v) is 5.65. The number of ether oxygens (including phenoxy) is 1. The van der Waals surface area contributed by atoms with E-state index in [1.807, 2.05) is 12.1 Å². The van der Waals surface area contributed by atoms with Crippen LogP contribution in [-0.2, 0) is 6.54 Å². The largest absolute Gasteiger partial charge is 0.492 e. The molecular formula is C18H19ClN2O4. The molecule has 0 heterocycles. The molecule has 0 fully saturated rings. The van der Waals surface area contributed by atoms with E-state index in [1.54, 1.807) is 24.3 Å². The fraction of sp³-hybridized carbons (Fsp3) is 0.222. The Morgan fingerprint density at radius 2 is 1.76 bits per heavy atom. The Labute approximate surface area is 150 Å². The zero-order valence-electron chi connectivity index (χ0n) is 13.5. The standard InChI is InChI=1S/C18H19ClN2O4/c19-15-4-1-2-5-16(15)25-11-3-10-20-18(24)21-12-13-6-8-14(9-7-13)17(22)23/h1-2,4-9H,3,10-12H2,(H,22,23)(H2,20,21,24). The first-order valence-electron chi connectivity index (χ1n) is 7.77. The molecule has 2 amide bonds. The number of amides is 2. The van der Waals surface area contributed by atoms with Gasteiger partial charge in [0.05, 0.1) is 17.2 Å². The summed E-state index contributed by atoms with van der Waals surface area (Å²) in [5, 5.41) is 14.8. The molecule has 0 aromatic heterocycles. The molecule has 0 radical (unpaired) electrons. The van der Waals surface area contributed by atoms with E-state index in [4.69, 9.17) is 21.4 Å². The van der Waals surface area contributed by atoms with Gasteiger partial charge in [0.15, 0.2) is 0 Å². The second-order valence-electron chi connectivity index (χ2n) is 5.24. The Morgan fingerprint density at radius 1 is 1.04 bits per heavy atom. The van der Waals surface area contributed by atoms with Crippen LogP contribution >= 0.6 is 11.6 Å². The van der Waals surface area contributed by atoms with E-state index in [1.165, 1.54) is 12.1 Å². The minimum atomic E-state index is -0.976. The van der Waals surface area contributed by atoms with E-state index in [0.29, 0.717) is 36.9 Å². The maximum Gasteiger partial charge on any atom is 0.335 e. The van der Waals surface area contributed by atoms with Crippen LogP contribution in [-0.4, -0.2) is 30.3 Å². The number of carboxylic acid groups (broad SMARTS) is 1. The molecule has 2 aromatic carbocycles. The van der Waals surface area contributed by atoms with Crippen LogP contribution in [0.3, 0.4) is 0 Å². The third-order valence-corrected chi connectivity index (χ3v) is 3.67. The third-order valence-electron chi connectivity index (χ3n) is 3.35. The average Bonchev–Trinajstić information content (AvgIpc) is 2.61. The van der Waals surface area contributed by atoms with Crippen molar-refractivity contribution < 1.29 is 19.4 Å². The smallest absolute Gasteiger partial charge is 0.335 e. The molecule has 0 saturated carbocycles. The van der Waals surface area contributed by atoms with Gasteiger partial charge in [0.25, 0.3) is 0 Å². The molecule has 0 aliphatic carbocycles. The van der Waals surface area contributed by atoms with Crippen molar-refractivity contribution in [1.29, 1.82) is 0 Å². The van der Waals surface area contributed by atoms with Crippen LogP contribution in [0.25, 0.3) is 0 Å². The van der Waals surface area contributed by atoms with Gasteiger partial charge in [-0.25, -0.2) is 9.59 Å². The molecule has 0 saturated heterocycles. The number of aromatic carboxylic acids is 1. The number of urea groups is 1. The van der Waals surface area contributed by atoms with Crippen LogP contribution in [0, 0.1) is 0 Å². The van der Waals surface area contributed by atoms with Gasteiger partial charge in [0, 0.05) is 13.1 Å². The fourth-order valence-electron chi connectivity index (χ4n) is 2.03. The topological polar surface area (TPSA) is 87.7 Å². The summed E-state index contributed by atoms with van der Waals surface area (Å²) >= 11 is 5.98. The predicted octanol–water partition coefficient (Wildman–Crippen LogP) is 3.31. The Hall–Kier alpha value is -2.73. The molecule has 3 N–H and O–H groups in total. The van der Waals surface area contributed by atoms with E-state index in [0.717, 1.165) is 5.56 Å². The van der Waals surface area contributed by atoms with Gasteiger partial charge >= 0.3 is 12.0 Å². The normalized spacial score (nSPS) is 10.1. The van der Waals surface area contributed by atoms with E-state index >= 15 is 0 Å². The van der Waals surface area contributed by atoms with E-state index in [2.05, 4.69) is 10.6 Å². The minimum absolute atomic E-state index is 0.215. The molecule has 25 heavy (non-hydrogen) atoms. The van der Waals surface area contributed by atoms with Crippen LogP contribution in [0.5, 0.6) is 5.75 Å². The number of para-hydroxylation sites is 1. The van der Waals surface area contributed by atoms with Crippen LogP contribution < -0.4 is 15.4 Å². The number of rotatable bonds is 8. The number of nitrogens with one attached hydrogen (secondary N) is 2. The Kier molecular flexibility index (Phi) is 7.10. The molecule has 2 rings (SSSR count). The number of carbonyl (C=O) groups excluding carboxylic acids is 1. The lowest BCUT2D eigenvalue weighted by Gasteiger charge is -2.09. The van der Waals surface area contributed by atoms with Crippen molar-refractivity contribution in [3.8, 4) is 5.75 Å². The molecule has 2 aromatic rings. The lowest BCUT2D eigenvalue weighted by atomic mass is 10.1. The number of carboxylic acids is 1. The second kappa shape index (κ2) is 9.54. The van der Waals surface area contributed by atoms with Gasteiger partial charge in [-0.15, -0.1) is 0 Å². The highest BCUT2D eigenvalue weighted by Crippen LogP contribution is 2.22. The van der Waals surface area contributed by atoms with Crippen molar-refractivity contribution >= 4 is 23.6 Å². The first kappa shape index (κ1) is 18.6. The summed E-state index contributed by atoms with van der Waals surface area (Å²) in [5.74, 6) is -0.352. The van der Waals surface area contributed by atoms with E-state index in [9.17, 15) is 9.59 Å². The van der Waals surface area contributed by atoms with Crippen molar-refractivity contribution in [2.45, 2.75) is 13.0 Å². The Morgan fingerprint density at radius 3 is 2.44 bits per heavy atom. The van der Waals surface area contributed by atoms with Crippen molar-refractivity contribution in [2.75, 3.05) is 13.2 Å². The molecule has 132 valence electrons. The lowest BCUT2D eigenvalue weighted by molar-refractivity contribution is 0.0697. The maximum absolute atomic E-state index is 11.7. The summed E-state index contributed by atoms with van der Waals surface area (Å²) < 4.78 is 5.53. The van der Waals surface area contributed by atoms with Gasteiger partial charge in [0.2, 0.25) is 0 Å². The van der Waals surface area contributed by atoms with Gasteiger partial charge in [-0.2, -0.15) is 0 Å². The number of halogens is 1. The van der Waals surface area contributed by atoms with Crippen molar-refractivity contribution in [3.63, 3.8) is 0 Å². The van der Waals surface area contributed by atoms with Crippen LogP contribution in [0.15, 0.2) is 48.5 Å². The van der Waals surface area contributed by atoms with Crippen LogP contribution in [0.2, 0.25) is 5.02 Å². The molecule has 0 atom stereocenters. The Bertz CT molecular complexity index is 719. The molecule has 0 unspecified atom stereocenters. The number of benzene rings is 2. The van der Waals surface area contributed by atoms with E-state index in [-0.39, 0.29) is 11.6 Å². The van der Waals surface area contributed by atoms with Crippen LogP contribution in [0.1, 0.15) is 22.3 Å². The highest BCUT2D eigenvalue weighted by molar-refractivity contribution is 6.32. The quantitative estimate of drug-likeness (QED) is 0.629. The van der Waals surface area contributed by atoms with Gasteiger partial charge in [-0.1, -0.05) is 35.9 Å². The summed E-state index contributed by atoms with van der Waals surface area (Å²) in [6, 6.07) is 13.3. The Balaban J connectivity index is 1.61. The molecule has 0 bridgehead atoms. The van der Waals surface area contributed by atoms with Crippen molar-refractivity contribution in [2.24, 2.45) is 0 Å². The summed E-state index contributed by atoms with van der Waals surface area (Å²) in [4.78, 5) is 22.5. The first-order valence-corrected chi connectivity index (χ1v) is 8.15. The summed E-state index contributed by atoms with van der Waals surface area (Å²) in [6.45, 7) is 1.23. The van der Waals surface area contributed by atoms with Crippen LogP contribution in [0.4, 0.5) is 4.79 Å². The molecular weight excluding hydrogens is 344 g/mol. The van der Waals surface area contributed by atoms with Gasteiger partial charge in [0.1, 0.15) is 5.75 Å². The monoisotopic (exact) mass is 362 g/mol. The molecule has 7 heteroatoms. The van der Waals surface area contributed by atoms with Gasteiger partial charge in [-0.05, 0) is 36.2 Å². The zero-order valence-corrected chi connectivity index (χ0v) is 14.3. The van der Waals surface area contributed by atoms with Gasteiger partial charge < -0.3 is 20.5 Å². The molecule has 0 aliphatic heterocycles. The summed E-state index contributed by atoms with van der Waals surface area (Å²) in [5.41, 5.74) is 1.04. The molecule has 0 aliphatic rings. The minimum Gasteiger partial charge on any atom is -0.492 e. The SMILES string of the molecule is O=C(NCCCOc1ccccc1Cl)NCc1ccc(C(=O)O)cc1. The fourth-order valence-corrected chi connectivity index (χ4v) is 2.22. The highest BCUT2D eigenvalue weighted by atomic mass is 35.5. The number of hydrogen-bond donors (Lipinski definition) is 3. The molecule has 6 nitrogen and oxygen atoms in total. The molecule has 0 spiro atoms. The van der Waals surface area contributed by atoms with Gasteiger partial charge in [-0.3, -0.25) is 0 Å². The van der Waals surface area contributed by atoms with E-state index < -0.39 is 5.97 Å². The van der Waals surface area contributed by atoms with Crippen molar-refractivity contribution in [3.05, 3.63) is 64.7 Å². The number of hydrogen-bond acceptors (Lipinski definition) is 3. The predicted molar refractivity (Wildman–Crippen MR) is 95.2 cm³/mol. The summed E-state index contributed by atoms with van der Waals surface area (Å²) in [6.07, 6.45) is 0.645.